The molecule has 0 radical (unpaired) electrons. The lowest BCUT2D eigenvalue weighted by Gasteiger charge is -2.16. The first-order valence-electron chi connectivity index (χ1n) is 6.95. The van der Waals surface area contributed by atoms with E-state index in [9.17, 15) is 14.4 Å². The molecule has 0 aliphatic rings. The number of ether oxygens (including phenoxy) is 1. The molecule has 0 aromatic heterocycles. The second-order valence-electron chi connectivity index (χ2n) is 4.84. The van der Waals surface area contributed by atoms with E-state index in [0.717, 1.165) is 0 Å². The van der Waals surface area contributed by atoms with E-state index in [0.29, 0.717) is 33.4 Å². The zero-order chi connectivity index (χ0) is 19.3. The van der Waals surface area contributed by atoms with E-state index in [4.69, 9.17) is 4.74 Å². The molecular formula is C15H16I3N3O4. The van der Waals surface area contributed by atoms with E-state index >= 15 is 0 Å². The van der Waals surface area contributed by atoms with E-state index in [1.165, 1.54) is 21.1 Å². The fourth-order valence-electron chi connectivity index (χ4n) is 1.77. The molecule has 136 valence electrons. The summed E-state index contributed by atoms with van der Waals surface area (Å²) < 4.78 is 6.79. The highest BCUT2D eigenvalue weighted by Gasteiger charge is 2.27. The fraction of sp³-hybridized carbons (Fsp3) is 0.333. The largest absolute Gasteiger partial charge is 0.484 e. The van der Waals surface area contributed by atoms with Crippen molar-refractivity contribution < 1.29 is 19.1 Å². The van der Waals surface area contributed by atoms with E-state index in [2.05, 4.69) is 15.6 Å². The van der Waals surface area contributed by atoms with Gasteiger partial charge < -0.3 is 15.4 Å². The predicted octanol–water partition coefficient (Wildman–Crippen LogP) is 2.88. The Balaban J connectivity index is 3.70. The minimum atomic E-state index is -0.433. The van der Waals surface area contributed by atoms with Crippen molar-refractivity contribution in [2.75, 3.05) is 20.7 Å². The van der Waals surface area contributed by atoms with Crippen LogP contribution in [0, 0.1) is 10.7 Å². The molecule has 1 rings (SSSR count). The monoisotopic (exact) mass is 683 g/mol. The third-order valence-corrected chi connectivity index (χ3v) is 6.22. The van der Waals surface area contributed by atoms with E-state index in [-0.39, 0.29) is 18.2 Å². The van der Waals surface area contributed by atoms with Crippen LogP contribution in [-0.4, -0.2) is 44.2 Å². The van der Waals surface area contributed by atoms with Crippen LogP contribution >= 0.6 is 67.8 Å². The van der Waals surface area contributed by atoms with Crippen LogP contribution in [0.4, 0.5) is 5.69 Å². The zero-order valence-corrected chi connectivity index (χ0v) is 20.4. The molecule has 2 N–H and O–H groups in total. The highest BCUT2D eigenvalue weighted by molar-refractivity contribution is 14.1. The Morgan fingerprint density at radius 2 is 1.52 bits per heavy atom. The number of benzene rings is 1. The van der Waals surface area contributed by atoms with E-state index in [1.807, 2.05) is 67.8 Å². The van der Waals surface area contributed by atoms with Gasteiger partial charge in [-0.15, -0.1) is 0 Å². The first-order chi connectivity index (χ1) is 11.6. The fourth-order valence-corrected chi connectivity index (χ4v) is 6.16. The molecular weight excluding hydrogens is 667 g/mol. The van der Waals surface area contributed by atoms with E-state index < -0.39 is 5.91 Å². The average molecular weight is 683 g/mol. The Morgan fingerprint density at radius 3 is 1.96 bits per heavy atom. The number of amides is 2. The number of hydrogen-bond acceptors (Lipinski definition) is 5. The lowest BCUT2D eigenvalue weighted by molar-refractivity contribution is -0.116. The number of nitrogens with one attached hydrogen (secondary N) is 2. The third-order valence-electron chi connectivity index (χ3n) is 3.04. The van der Waals surface area contributed by atoms with Gasteiger partial charge >= 0.3 is 0 Å². The van der Waals surface area contributed by atoms with Gasteiger partial charge in [-0.2, -0.15) is 0 Å². The Bertz CT molecular complexity index is 763. The van der Waals surface area contributed by atoms with Crippen LogP contribution in [0.25, 0.3) is 0 Å². The molecule has 25 heavy (non-hydrogen) atoms. The van der Waals surface area contributed by atoms with Gasteiger partial charge in [-0.1, -0.05) is 0 Å². The Kier molecular flexibility index (Phi) is 9.00. The van der Waals surface area contributed by atoms with E-state index in [1.54, 1.807) is 6.92 Å². The third kappa shape index (κ3) is 5.48. The molecule has 0 spiro atoms. The summed E-state index contributed by atoms with van der Waals surface area (Å²) in [5.41, 5.74) is 1.15. The number of carbonyl (C=O) groups excluding carboxylic acids is 3. The molecule has 7 nitrogen and oxygen atoms in total. The highest BCUT2D eigenvalue weighted by atomic mass is 127. The summed E-state index contributed by atoms with van der Waals surface area (Å²) in [5, 5.41) is 5.14. The molecule has 1 aromatic rings. The molecule has 0 bridgehead atoms. The van der Waals surface area contributed by atoms with Crippen LogP contribution in [0.5, 0.6) is 0 Å². The van der Waals surface area contributed by atoms with Crippen molar-refractivity contribution in [3.63, 3.8) is 0 Å². The molecule has 2 amide bonds. The van der Waals surface area contributed by atoms with Gasteiger partial charge in [-0.3, -0.25) is 14.4 Å². The maximum atomic E-state index is 12.6. The molecule has 0 fully saturated rings. The Morgan fingerprint density at radius 1 is 1.00 bits per heavy atom. The van der Waals surface area contributed by atoms with Gasteiger partial charge in [0.2, 0.25) is 0 Å². The molecule has 0 saturated carbocycles. The summed E-state index contributed by atoms with van der Waals surface area (Å²) >= 11 is 6.02. The van der Waals surface area contributed by atoms with Crippen molar-refractivity contribution in [3.8, 4) is 0 Å². The number of Topliss-reactive ketones (excluding diaryl/α,β-unsaturated/α-hetero) is 1. The molecule has 0 heterocycles. The number of hydrogen-bond donors (Lipinski definition) is 2. The van der Waals surface area contributed by atoms with Crippen molar-refractivity contribution in [1.82, 2.24) is 10.6 Å². The lowest BCUT2D eigenvalue weighted by Crippen LogP contribution is -2.31. The minimum Gasteiger partial charge on any atom is -0.484 e. The van der Waals surface area contributed by atoms with Gasteiger partial charge in [0.05, 0.1) is 37.6 Å². The molecule has 0 unspecified atom stereocenters. The number of rotatable bonds is 5. The minimum absolute atomic E-state index is 0.0814. The molecule has 0 aliphatic carbocycles. The summed E-state index contributed by atoms with van der Waals surface area (Å²) in [6.07, 6.45) is 0. The van der Waals surface area contributed by atoms with Gasteiger partial charge in [0.25, 0.3) is 11.8 Å². The Labute approximate surface area is 186 Å². The van der Waals surface area contributed by atoms with Crippen LogP contribution < -0.4 is 10.6 Å². The van der Waals surface area contributed by atoms with Crippen molar-refractivity contribution >= 4 is 97.0 Å². The molecule has 0 aliphatic heterocycles. The number of methoxy groups -OCH3 is 1. The van der Waals surface area contributed by atoms with Gasteiger partial charge in [-0.05, 0) is 74.7 Å². The first kappa shape index (κ1) is 22.5. The van der Waals surface area contributed by atoms with Crippen molar-refractivity contribution in [3.05, 3.63) is 21.8 Å². The normalized spacial score (nSPS) is 11.1. The molecule has 0 saturated heterocycles. The number of ketones is 1. The smallest absolute Gasteiger partial charge is 0.253 e. The highest BCUT2D eigenvalue weighted by Crippen LogP contribution is 2.37. The van der Waals surface area contributed by atoms with Gasteiger partial charge in [0.1, 0.15) is 5.78 Å². The maximum absolute atomic E-state index is 12.6. The summed E-state index contributed by atoms with van der Waals surface area (Å²) in [6, 6.07) is 0. The molecule has 10 heteroatoms. The van der Waals surface area contributed by atoms with Crippen molar-refractivity contribution in [2.45, 2.75) is 13.8 Å². The summed E-state index contributed by atoms with van der Waals surface area (Å²) in [5.74, 6) is -0.520. The number of nitrogens with zero attached hydrogens (tertiary/aromatic N) is 1. The van der Waals surface area contributed by atoms with Gasteiger partial charge in [0.15, 0.2) is 5.90 Å². The number of halogens is 3. The van der Waals surface area contributed by atoms with Gasteiger partial charge in [-0.25, -0.2) is 4.99 Å². The van der Waals surface area contributed by atoms with Crippen LogP contribution in [0.1, 0.15) is 34.6 Å². The summed E-state index contributed by atoms with van der Waals surface area (Å²) in [6.45, 7) is 2.99. The predicted molar refractivity (Wildman–Crippen MR) is 121 cm³/mol. The second kappa shape index (κ2) is 9.99. The topological polar surface area (TPSA) is 96.9 Å². The summed E-state index contributed by atoms with van der Waals surface area (Å²) in [7, 11) is 3.01. The first-order valence-corrected chi connectivity index (χ1v) is 10.2. The van der Waals surface area contributed by atoms with Crippen LogP contribution in [0.3, 0.4) is 0 Å². The van der Waals surface area contributed by atoms with Crippen molar-refractivity contribution in [2.24, 2.45) is 4.99 Å². The number of carbonyl (C=O) groups is 3. The lowest BCUT2D eigenvalue weighted by atomic mass is 10.1. The SMILES string of the molecule is CNC(=O)c1c(I)c(N=C(C)OC)c(I)c(C(=O)NCC(C)=O)c1I. The standard InChI is InChI=1S/C15H16I3N3O4/c1-6(22)5-20-15(24)9-10(16)8(14(23)19-3)11(17)13(12(9)18)21-7(2)25-4/h5H2,1-4H3,(H,19,23)(H,20,24). The van der Waals surface area contributed by atoms with Crippen LogP contribution in [-0.2, 0) is 9.53 Å². The molecule has 0 atom stereocenters. The quantitative estimate of drug-likeness (QED) is 0.284. The van der Waals surface area contributed by atoms with Crippen molar-refractivity contribution in [1.29, 1.82) is 0 Å². The number of aliphatic imine (C=N–C) groups is 1. The summed E-state index contributed by atoms with van der Waals surface area (Å²) in [4.78, 5) is 40.4. The maximum Gasteiger partial charge on any atom is 0.253 e. The zero-order valence-electron chi connectivity index (χ0n) is 13.9. The van der Waals surface area contributed by atoms with Crippen LogP contribution in [0.2, 0.25) is 0 Å². The average Bonchev–Trinajstić information content (AvgIpc) is 2.56. The second-order valence-corrected chi connectivity index (χ2v) is 8.08. The van der Waals surface area contributed by atoms with Crippen LogP contribution in [0.15, 0.2) is 4.99 Å². The molecule has 1 aromatic carbocycles. The van der Waals surface area contributed by atoms with Gasteiger partial charge in [0, 0.05) is 17.5 Å². The Hall–Kier alpha value is -0.510.